The van der Waals surface area contributed by atoms with E-state index in [0.29, 0.717) is 12.5 Å². The van der Waals surface area contributed by atoms with Crippen LogP contribution in [0.25, 0.3) is 0 Å². The van der Waals surface area contributed by atoms with Gasteiger partial charge in [-0.1, -0.05) is 6.42 Å². The van der Waals surface area contributed by atoms with Gasteiger partial charge in [-0.15, -0.1) is 0 Å². The van der Waals surface area contributed by atoms with Gasteiger partial charge in [0.1, 0.15) is 11.6 Å². The van der Waals surface area contributed by atoms with Gasteiger partial charge in [-0.2, -0.15) is 0 Å². The van der Waals surface area contributed by atoms with Crippen molar-refractivity contribution in [2.45, 2.75) is 44.6 Å². The summed E-state index contributed by atoms with van der Waals surface area (Å²) < 4.78 is 26.5. The zero-order valence-corrected chi connectivity index (χ0v) is 12.0. The molecule has 2 saturated carbocycles. The minimum absolute atomic E-state index is 0.320. The minimum Gasteiger partial charge on any atom is -0.317 e. The molecule has 1 aromatic rings. The van der Waals surface area contributed by atoms with E-state index >= 15 is 0 Å². The Kier molecular flexibility index (Phi) is 4.06. The van der Waals surface area contributed by atoms with Gasteiger partial charge in [0.25, 0.3) is 0 Å². The Labute approximate surface area is 119 Å². The van der Waals surface area contributed by atoms with Gasteiger partial charge in [-0.05, 0) is 74.6 Å². The van der Waals surface area contributed by atoms with Crippen molar-refractivity contribution in [3.05, 3.63) is 35.4 Å². The number of halogens is 2. The first-order chi connectivity index (χ1) is 9.64. The molecule has 0 aromatic heterocycles. The maximum absolute atomic E-state index is 13.2. The molecule has 2 aliphatic carbocycles. The standard InChI is InChI=1S/C17H23F2N/c1-20-17(8-12-6-15(18)10-16(19)7-12)9-14-5-11-2-3-13(14)4-11/h6-7,10-11,13-14,17,20H,2-5,8-9H2,1H3. The van der Waals surface area contributed by atoms with Crippen LogP contribution in [0.3, 0.4) is 0 Å². The highest BCUT2D eigenvalue weighted by molar-refractivity contribution is 5.19. The van der Waals surface area contributed by atoms with Crippen molar-refractivity contribution < 1.29 is 8.78 Å². The Morgan fingerprint density at radius 3 is 2.45 bits per heavy atom. The van der Waals surface area contributed by atoms with Crippen LogP contribution in [0.1, 0.15) is 37.7 Å². The average molecular weight is 279 g/mol. The summed E-state index contributed by atoms with van der Waals surface area (Å²) in [4.78, 5) is 0. The first-order valence-electron chi connectivity index (χ1n) is 7.76. The van der Waals surface area contributed by atoms with Crippen LogP contribution >= 0.6 is 0 Å². The summed E-state index contributed by atoms with van der Waals surface area (Å²) in [6.07, 6.45) is 7.42. The molecule has 0 aliphatic heterocycles. The summed E-state index contributed by atoms with van der Waals surface area (Å²) >= 11 is 0. The van der Waals surface area contributed by atoms with E-state index in [-0.39, 0.29) is 0 Å². The minimum atomic E-state index is -0.477. The van der Waals surface area contributed by atoms with E-state index in [4.69, 9.17) is 0 Å². The molecule has 3 heteroatoms. The lowest BCUT2D eigenvalue weighted by atomic mass is 9.83. The molecule has 1 N–H and O–H groups in total. The number of benzene rings is 1. The second-order valence-electron chi connectivity index (χ2n) is 6.64. The molecule has 1 nitrogen and oxygen atoms in total. The van der Waals surface area contributed by atoms with Crippen LogP contribution in [0.2, 0.25) is 0 Å². The second-order valence-corrected chi connectivity index (χ2v) is 6.64. The smallest absolute Gasteiger partial charge is 0.126 e. The lowest BCUT2D eigenvalue weighted by Gasteiger charge is -2.26. The topological polar surface area (TPSA) is 12.0 Å². The third-order valence-corrected chi connectivity index (χ3v) is 5.28. The maximum atomic E-state index is 13.2. The van der Waals surface area contributed by atoms with Crippen LogP contribution in [0, 0.1) is 29.4 Å². The molecular formula is C17H23F2N. The van der Waals surface area contributed by atoms with Gasteiger partial charge in [0, 0.05) is 12.1 Å². The van der Waals surface area contributed by atoms with Crippen LogP contribution in [0.4, 0.5) is 8.78 Å². The Morgan fingerprint density at radius 1 is 1.15 bits per heavy atom. The number of likely N-dealkylation sites (N-methyl/N-ethyl adjacent to an activating group) is 1. The molecule has 4 unspecified atom stereocenters. The number of nitrogens with one attached hydrogen (secondary N) is 1. The normalized spacial score (nSPS) is 29.9. The van der Waals surface area contributed by atoms with Crippen molar-refractivity contribution in [3.8, 4) is 0 Å². The van der Waals surface area contributed by atoms with Crippen LogP contribution in [-0.2, 0) is 6.42 Å². The zero-order valence-electron chi connectivity index (χ0n) is 12.0. The van der Waals surface area contributed by atoms with Gasteiger partial charge in [-0.25, -0.2) is 8.78 Å². The van der Waals surface area contributed by atoms with Crippen molar-refractivity contribution in [1.29, 1.82) is 0 Å². The number of hydrogen-bond donors (Lipinski definition) is 1. The summed E-state index contributed by atoms with van der Waals surface area (Å²) in [6.45, 7) is 0. The van der Waals surface area contributed by atoms with Crippen LogP contribution in [-0.4, -0.2) is 13.1 Å². The first kappa shape index (κ1) is 14.0. The quantitative estimate of drug-likeness (QED) is 0.861. The van der Waals surface area contributed by atoms with Crippen LogP contribution in [0.15, 0.2) is 18.2 Å². The molecule has 1 aromatic carbocycles. The molecule has 0 spiro atoms. The highest BCUT2D eigenvalue weighted by Gasteiger charge is 2.39. The Balaban J connectivity index is 1.62. The van der Waals surface area contributed by atoms with Crippen molar-refractivity contribution in [2.24, 2.45) is 17.8 Å². The maximum Gasteiger partial charge on any atom is 0.126 e. The van der Waals surface area contributed by atoms with E-state index in [1.54, 1.807) is 0 Å². The van der Waals surface area contributed by atoms with Crippen LogP contribution in [0.5, 0.6) is 0 Å². The summed E-state index contributed by atoms with van der Waals surface area (Å²) in [5.74, 6) is 1.71. The van der Waals surface area contributed by atoms with Crippen molar-refractivity contribution in [3.63, 3.8) is 0 Å². The van der Waals surface area contributed by atoms with Gasteiger partial charge in [0.2, 0.25) is 0 Å². The first-order valence-corrected chi connectivity index (χ1v) is 7.76. The summed E-state index contributed by atoms with van der Waals surface area (Å²) in [7, 11) is 1.95. The monoisotopic (exact) mass is 279 g/mol. The predicted molar refractivity (Wildman–Crippen MR) is 76.5 cm³/mol. The van der Waals surface area contributed by atoms with Gasteiger partial charge < -0.3 is 5.32 Å². The molecule has 0 heterocycles. The zero-order chi connectivity index (χ0) is 14.1. The summed E-state index contributed by atoms with van der Waals surface area (Å²) in [6, 6.07) is 4.16. The fraction of sp³-hybridized carbons (Fsp3) is 0.647. The van der Waals surface area contributed by atoms with E-state index in [9.17, 15) is 8.78 Å². The molecule has 2 fully saturated rings. The van der Waals surface area contributed by atoms with E-state index in [2.05, 4.69) is 5.32 Å². The molecule has 2 aliphatic rings. The van der Waals surface area contributed by atoms with Crippen molar-refractivity contribution >= 4 is 0 Å². The van der Waals surface area contributed by atoms with Gasteiger partial charge in [-0.3, -0.25) is 0 Å². The largest absolute Gasteiger partial charge is 0.317 e. The van der Waals surface area contributed by atoms with Gasteiger partial charge in [0.05, 0.1) is 0 Å². The van der Waals surface area contributed by atoms with E-state index in [1.165, 1.54) is 37.8 Å². The lowest BCUT2D eigenvalue weighted by molar-refractivity contribution is 0.281. The van der Waals surface area contributed by atoms with Crippen molar-refractivity contribution in [2.75, 3.05) is 7.05 Å². The van der Waals surface area contributed by atoms with E-state index < -0.39 is 11.6 Å². The highest BCUT2D eigenvalue weighted by Crippen LogP contribution is 2.49. The Morgan fingerprint density at radius 2 is 1.90 bits per heavy atom. The van der Waals surface area contributed by atoms with Crippen molar-refractivity contribution in [1.82, 2.24) is 5.32 Å². The number of rotatable bonds is 5. The second kappa shape index (κ2) is 5.80. The highest BCUT2D eigenvalue weighted by atomic mass is 19.1. The molecule has 110 valence electrons. The van der Waals surface area contributed by atoms with E-state index in [1.807, 2.05) is 7.05 Å². The molecule has 0 amide bonds. The fourth-order valence-electron chi connectivity index (χ4n) is 4.35. The fourth-order valence-corrected chi connectivity index (χ4v) is 4.35. The van der Waals surface area contributed by atoms with Crippen LogP contribution < -0.4 is 5.32 Å². The number of fused-ring (bicyclic) bond motifs is 2. The predicted octanol–water partition coefficient (Wildman–Crippen LogP) is 3.92. The lowest BCUT2D eigenvalue weighted by Crippen LogP contribution is -2.31. The third kappa shape index (κ3) is 3.03. The molecule has 2 bridgehead atoms. The Hall–Kier alpha value is -0.960. The average Bonchev–Trinajstić information content (AvgIpc) is 2.99. The summed E-state index contributed by atoms with van der Waals surface area (Å²) in [5, 5.41) is 3.33. The molecule has 3 rings (SSSR count). The summed E-state index contributed by atoms with van der Waals surface area (Å²) in [5.41, 5.74) is 0.755. The molecule has 4 atom stereocenters. The van der Waals surface area contributed by atoms with Gasteiger partial charge >= 0.3 is 0 Å². The number of hydrogen-bond acceptors (Lipinski definition) is 1. The third-order valence-electron chi connectivity index (χ3n) is 5.28. The molecule has 0 saturated heterocycles. The van der Waals surface area contributed by atoms with Gasteiger partial charge in [0.15, 0.2) is 0 Å². The van der Waals surface area contributed by atoms with E-state index in [0.717, 1.165) is 35.8 Å². The SMILES string of the molecule is CNC(Cc1cc(F)cc(F)c1)CC1CC2CCC1C2. The molecule has 20 heavy (non-hydrogen) atoms. The molecule has 0 radical (unpaired) electrons. The Bertz CT molecular complexity index is 454. The molecular weight excluding hydrogens is 256 g/mol.